The summed E-state index contributed by atoms with van der Waals surface area (Å²) in [6.45, 7) is 0. The molecule has 0 aliphatic carbocycles. The van der Waals surface area contributed by atoms with Gasteiger partial charge < -0.3 is 5.11 Å². The third-order valence-electron chi connectivity index (χ3n) is 2.91. The van der Waals surface area contributed by atoms with Gasteiger partial charge in [0, 0.05) is 18.3 Å². The van der Waals surface area contributed by atoms with Gasteiger partial charge in [0.2, 0.25) is 0 Å². The van der Waals surface area contributed by atoms with Gasteiger partial charge in [-0.15, -0.1) is 0 Å². The molecule has 0 spiro atoms. The van der Waals surface area contributed by atoms with Crippen LogP contribution in [-0.2, 0) is 27.5 Å². The largest absolute Gasteiger partial charge is 0.481 e. The summed E-state index contributed by atoms with van der Waals surface area (Å²) in [7, 11) is -3.41. The summed E-state index contributed by atoms with van der Waals surface area (Å²) in [4.78, 5) is 18.5. The molecule has 1 heterocycles. The van der Waals surface area contributed by atoms with E-state index in [0.717, 1.165) is 0 Å². The average Bonchev–Trinajstić information content (AvgIpc) is 2.46. The van der Waals surface area contributed by atoms with Crippen molar-refractivity contribution < 1.29 is 18.3 Å². The van der Waals surface area contributed by atoms with Crippen LogP contribution < -0.4 is 0 Å². The molecule has 0 atom stereocenters. The molecule has 110 valence electrons. The maximum atomic E-state index is 12.2. The summed E-state index contributed by atoms with van der Waals surface area (Å²) in [6, 6.07) is 7.59. The van der Waals surface area contributed by atoms with E-state index in [9.17, 15) is 13.2 Å². The number of benzene rings is 1. The first-order valence-electron chi connectivity index (χ1n) is 6.26. The van der Waals surface area contributed by atoms with Crippen LogP contribution in [0.25, 0.3) is 0 Å². The van der Waals surface area contributed by atoms with Crippen molar-refractivity contribution >= 4 is 15.8 Å². The number of aromatic nitrogens is 2. The standard InChI is InChI=1S/C14H14N2O4S/c17-14(18)9-11-1-3-13(4-2-11)21(19,20)8-6-12-5-7-15-10-16-12/h1-5,7,10H,6,8-9H2,(H,17,18). The van der Waals surface area contributed by atoms with Crippen molar-refractivity contribution in [2.75, 3.05) is 5.75 Å². The van der Waals surface area contributed by atoms with E-state index in [2.05, 4.69) is 9.97 Å². The third kappa shape index (κ3) is 4.35. The average molecular weight is 306 g/mol. The van der Waals surface area contributed by atoms with Crippen LogP contribution in [-0.4, -0.2) is 35.2 Å². The van der Waals surface area contributed by atoms with Crippen LogP contribution in [0.5, 0.6) is 0 Å². The maximum absolute atomic E-state index is 12.2. The van der Waals surface area contributed by atoms with Gasteiger partial charge in [-0.1, -0.05) is 12.1 Å². The lowest BCUT2D eigenvalue weighted by atomic mass is 10.2. The van der Waals surface area contributed by atoms with Gasteiger partial charge in [0.15, 0.2) is 9.84 Å². The zero-order chi connectivity index (χ0) is 15.3. The summed E-state index contributed by atoms with van der Waals surface area (Å²) in [5.41, 5.74) is 1.23. The molecule has 0 aliphatic rings. The van der Waals surface area contributed by atoms with Gasteiger partial charge in [-0.05, 0) is 23.8 Å². The van der Waals surface area contributed by atoms with Crippen molar-refractivity contribution in [2.45, 2.75) is 17.7 Å². The first-order valence-corrected chi connectivity index (χ1v) is 7.91. The van der Waals surface area contributed by atoms with Crippen LogP contribution in [0.1, 0.15) is 11.3 Å². The van der Waals surface area contributed by atoms with Crippen LogP contribution >= 0.6 is 0 Å². The van der Waals surface area contributed by atoms with Gasteiger partial charge in [-0.2, -0.15) is 0 Å². The monoisotopic (exact) mass is 306 g/mol. The van der Waals surface area contributed by atoms with E-state index in [-0.39, 0.29) is 17.1 Å². The van der Waals surface area contributed by atoms with Gasteiger partial charge >= 0.3 is 5.97 Å². The smallest absolute Gasteiger partial charge is 0.307 e. The van der Waals surface area contributed by atoms with Gasteiger partial charge in [-0.25, -0.2) is 18.4 Å². The highest BCUT2D eigenvalue weighted by Crippen LogP contribution is 2.14. The summed E-state index contributed by atoms with van der Waals surface area (Å²) in [5, 5.41) is 8.68. The Morgan fingerprint density at radius 3 is 2.43 bits per heavy atom. The molecule has 0 saturated carbocycles. The summed E-state index contributed by atoms with van der Waals surface area (Å²) in [5.74, 6) is -1.00. The zero-order valence-electron chi connectivity index (χ0n) is 11.1. The van der Waals surface area contributed by atoms with Crippen molar-refractivity contribution in [1.29, 1.82) is 0 Å². The minimum Gasteiger partial charge on any atom is -0.481 e. The van der Waals surface area contributed by atoms with Gasteiger partial charge in [0.1, 0.15) is 6.33 Å². The number of aliphatic carboxylic acids is 1. The number of carboxylic acid groups (broad SMARTS) is 1. The highest BCUT2D eigenvalue weighted by molar-refractivity contribution is 7.91. The molecule has 6 nitrogen and oxygen atoms in total. The normalized spacial score (nSPS) is 11.2. The van der Waals surface area contributed by atoms with Gasteiger partial charge in [-0.3, -0.25) is 4.79 Å². The second-order valence-electron chi connectivity index (χ2n) is 4.48. The van der Waals surface area contributed by atoms with Crippen molar-refractivity contribution in [3.05, 3.63) is 54.1 Å². The van der Waals surface area contributed by atoms with E-state index < -0.39 is 15.8 Å². The molecule has 0 amide bonds. The first kappa shape index (κ1) is 15.1. The molecule has 0 unspecified atom stereocenters. The van der Waals surface area contributed by atoms with E-state index in [1.165, 1.54) is 30.6 Å². The molecule has 0 aliphatic heterocycles. The Hall–Kier alpha value is -2.28. The Morgan fingerprint density at radius 2 is 1.86 bits per heavy atom. The number of aryl methyl sites for hydroxylation is 1. The Bertz CT molecular complexity index is 712. The lowest BCUT2D eigenvalue weighted by Gasteiger charge is -2.05. The van der Waals surface area contributed by atoms with Crippen molar-refractivity contribution in [1.82, 2.24) is 9.97 Å². The second-order valence-corrected chi connectivity index (χ2v) is 6.59. The number of nitrogens with zero attached hydrogens (tertiary/aromatic N) is 2. The van der Waals surface area contributed by atoms with E-state index in [1.807, 2.05) is 0 Å². The number of sulfone groups is 1. The van der Waals surface area contributed by atoms with Gasteiger partial charge in [0.05, 0.1) is 17.1 Å². The predicted octanol–water partition coefficient (Wildman–Crippen LogP) is 1.12. The molecular weight excluding hydrogens is 292 g/mol. The number of hydrogen-bond donors (Lipinski definition) is 1. The molecule has 1 aromatic heterocycles. The van der Waals surface area contributed by atoms with Gasteiger partial charge in [0.25, 0.3) is 0 Å². The fourth-order valence-corrected chi connectivity index (χ4v) is 3.08. The quantitative estimate of drug-likeness (QED) is 0.859. The number of rotatable bonds is 6. The highest BCUT2D eigenvalue weighted by Gasteiger charge is 2.15. The first-order chi connectivity index (χ1) is 9.97. The lowest BCUT2D eigenvalue weighted by Crippen LogP contribution is -2.10. The molecule has 0 radical (unpaired) electrons. The molecule has 2 aromatic rings. The molecule has 1 N–H and O–H groups in total. The van der Waals surface area contributed by atoms with Crippen LogP contribution in [0, 0.1) is 0 Å². The van der Waals surface area contributed by atoms with Crippen LogP contribution in [0.4, 0.5) is 0 Å². The minimum absolute atomic E-state index is 0.0533. The molecule has 21 heavy (non-hydrogen) atoms. The minimum atomic E-state index is -3.41. The molecule has 0 fully saturated rings. The van der Waals surface area contributed by atoms with Crippen molar-refractivity contribution in [3.8, 4) is 0 Å². The highest BCUT2D eigenvalue weighted by atomic mass is 32.2. The molecule has 0 bridgehead atoms. The molecule has 1 aromatic carbocycles. The van der Waals surface area contributed by atoms with E-state index in [4.69, 9.17) is 5.11 Å². The Labute approximate surface area is 122 Å². The second kappa shape index (κ2) is 6.45. The van der Waals surface area contributed by atoms with Crippen LogP contribution in [0.15, 0.2) is 47.8 Å². The Morgan fingerprint density at radius 1 is 1.14 bits per heavy atom. The van der Waals surface area contributed by atoms with Crippen LogP contribution in [0.2, 0.25) is 0 Å². The Kier molecular flexibility index (Phi) is 4.64. The fraction of sp³-hybridized carbons (Fsp3) is 0.214. The number of hydrogen-bond acceptors (Lipinski definition) is 5. The summed E-state index contributed by atoms with van der Waals surface area (Å²) < 4.78 is 24.4. The van der Waals surface area contributed by atoms with E-state index in [1.54, 1.807) is 12.3 Å². The van der Waals surface area contributed by atoms with Crippen molar-refractivity contribution in [2.24, 2.45) is 0 Å². The zero-order valence-corrected chi connectivity index (χ0v) is 12.0. The lowest BCUT2D eigenvalue weighted by molar-refractivity contribution is -0.136. The Balaban J connectivity index is 2.07. The van der Waals surface area contributed by atoms with E-state index in [0.29, 0.717) is 17.7 Å². The predicted molar refractivity (Wildman–Crippen MR) is 75.6 cm³/mol. The topological polar surface area (TPSA) is 97.2 Å². The maximum Gasteiger partial charge on any atom is 0.307 e. The summed E-state index contributed by atoms with van der Waals surface area (Å²) in [6.07, 6.45) is 3.13. The summed E-state index contributed by atoms with van der Waals surface area (Å²) >= 11 is 0. The molecule has 7 heteroatoms. The fourth-order valence-electron chi connectivity index (χ4n) is 1.81. The third-order valence-corrected chi connectivity index (χ3v) is 4.64. The number of carboxylic acids is 1. The van der Waals surface area contributed by atoms with E-state index >= 15 is 0 Å². The van der Waals surface area contributed by atoms with Crippen molar-refractivity contribution in [3.63, 3.8) is 0 Å². The number of carbonyl (C=O) groups is 1. The SMILES string of the molecule is O=C(O)Cc1ccc(S(=O)(=O)CCc2ccncn2)cc1. The van der Waals surface area contributed by atoms with Crippen LogP contribution in [0.3, 0.4) is 0 Å². The molecular formula is C14H14N2O4S. The molecule has 0 saturated heterocycles. The molecule has 2 rings (SSSR count).